The van der Waals surface area contributed by atoms with Crippen LogP contribution in [0.25, 0.3) is 0 Å². The van der Waals surface area contributed by atoms with Crippen LogP contribution in [0, 0.1) is 6.92 Å². The summed E-state index contributed by atoms with van der Waals surface area (Å²) in [6.45, 7) is 16.5. The van der Waals surface area contributed by atoms with E-state index in [1.807, 2.05) is 11.8 Å². The summed E-state index contributed by atoms with van der Waals surface area (Å²) in [5, 5.41) is 3.54. The van der Waals surface area contributed by atoms with Crippen molar-refractivity contribution in [2.75, 3.05) is 0 Å². The molecule has 2 heteroatoms. The number of hydrogen-bond acceptors (Lipinski definition) is 2. The number of thioether (sulfide) groups is 1. The summed E-state index contributed by atoms with van der Waals surface area (Å²) in [6, 6.07) is 6.79. The zero-order valence-electron chi connectivity index (χ0n) is 12.8. The summed E-state index contributed by atoms with van der Waals surface area (Å²) in [4.78, 5) is 1.36. The summed E-state index contributed by atoms with van der Waals surface area (Å²) in [5.41, 5.74) is 2.94. The molecule has 102 valence electrons. The van der Waals surface area contributed by atoms with Gasteiger partial charge in [-0.2, -0.15) is 0 Å². The lowest BCUT2D eigenvalue weighted by Gasteiger charge is -2.22. The molecule has 0 amide bonds. The molecule has 1 aromatic rings. The van der Waals surface area contributed by atoms with E-state index in [0.717, 1.165) is 6.54 Å². The van der Waals surface area contributed by atoms with Crippen molar-refractivity contribution in [3.8, 4) is 0 Å². The van der Waals surface area contributed by atoms with Crippen molar-refractivity contribution < 1.29 is 0 Å². The quantitative estimate of drug-likeness (QED) is 0.790. The van der Waals surface area contributed by atoms with Crippen LogP contribution < -0.4 is 5.32 Å². The maximum absolute atomic E-state index is 3.54. The molecule has 0 unspecified atom stereocenters. The summed E-state index contributed by atoms with van der Waals surface area (Å²) in [5.74, 6) is 0. The second-order valence-electron chi connectivity index (χ2n) is 6.91. The van der Waals surface area contributed by atoms with Gasteiger partial charge in [0.2, 0.25) is 0 Å². The molecule has 0 radical (unpaired) electrons. The van der Waals surface area contributed by atoms with Gasteiger partial charge < -0.3 is 5.32 Å². The van der Waals surface area contributed by atoms with E-state index >= 15 is 0 Å². The lowest BCUT2D eigenvalue weighted by Crippen LogP contribution is -2.35. The van der Waals surface area contributed by atoms with E-state index in [9.17, 15) is 0 Å². The third-order valence-corrected chi connectivity index (χ3v) is 3.65. The van der Waals surface area contributed by atoms with E-state index in [2.05, 4.69) is 72.0 Å². The maximum Gasteiger partial charge on any atom is 0.0212 e. The molecule has 0 saturated heterocycles. The molecule has 0 fully saturated rings. The van der Waals surface area contributed by atoms with Gasteiger partial charge in [0.1, 0.15) is 0 Å². The molecule has 1 rings (SSSR count). The Bertz CT molecular complexity index is 397. The van der Waals surface area contributed by atoms with Gasteiger partial charge in [0, 0.05) is 21.7 Å². The van der Waals surface area contributed by atoms with Crippen LogP contribution in [0.15, 0.2) is 23.1 Å². The zero-order chi connectivity index (χ0) is 14.0. The molecular weight excluding hydrogens is 238 g/mol. The predicted octanol–water partition coefficient (Wildman–Crippen LogP) is 4.77. The molecule has 0 atom stereocenters. The van der Waals surface area contributed by atoms with Crippen LogP contribution in [0.1, 0.15) is 52.7 Å². The summed E-state index contributed by atoms with van der Waals surface area (Å²) < 4.78 is 0.275. The Labute approximate surface area is 117 Å². The van der Waals surface area contributed by atoms with Gasteiger partial charge >= 0.3 is 0 Å². The Balaban J connectivity index is 2.74. The van der Waals surface area contributed by atoms with Gasteiger partial charge in [0.25, 0.3) is 0 Å². The Morgan fingerprint density at radius 3 is 2.11 bits per heavy atom. The van der Waals surface area contributed by atoms with Crippen molar-refractivity contribution in [2.45, 2.75) is 70.2 Å². The fourth-order valence-corrected chi connectivity index (χ4v) is 2.72. The van der Waals surface area contributed by atoms with Crippen LogP contribution in [0.2, 0.25) is 0 Å². The fraction of sp³-hybridized carbons (Fsp3) is 0.625. The number of rotatable bonds is 3. The summed E-state index contributed by atoms with van der Waals surface area (Å²) in [7, 11) is 0. The van der Waals surface area contributed by atoms with Crippen LogP contribution in [0.4, 0.5) is 0 Å². The van der Waals surface area contributed by atoms with Crippen molar-refractivity contribution in [1.82, 2.24) is 5.32 Å². The minimum atomic E-state index is 0.172. The highest BCUT2D eigenvalue weighted by Gasteiger charge is 2.13. The second-order valence-corrected chi connectivity index (χ2v) is 8.81. The molecular formula is C16H27NS. The topological polar surface area (TPSA) is 12.0 Å². The monoisotopic (exact) mass is 265 g/mol. The molecule has 1 aromatic carbocycles. The molecule has 0 aliphatic rings. The van der Waals surface area contributed by atoms with Gasteiger partial charge in [0.15, 0.2) is 0 Å². The van der Waals surface area contributed by atoms with Crippen molar-refractivity contribution in [3.63, 3.8) is 0 Å². The van der Waals surface area contributed by atoms with E-state index < -0.39 is 0 Å². The van der Waals surface area contributed by atoms with Crippen LogP contribution in [-0.2, 0) is 6.54 Å². The van der Waals surface area contributed by atoms with E-state index in [1.54, 1.807) is 0 Å². The van der Waals surface area contributed by atoms with Gasteiger partial charge in [-0.15, -0.1) is 11.8 Å². The van der Waals surface area contributed by atoms with Crippen LogP contribution in [0.5, 0.6) is 0 Å². The third kappa shape index (κ3) is 5.92. The zero-order valence-corrected chi connectivity index (χ0v) is 13.7. The van der Waals surface area contributed by atoms with E-state index in [1.165, 1.54) is 16.0 Å². The average Bonchev–Trinajstić information content (AvgIpc) is 2.12. The number of hydrogen-bond donors (Lipinski definition) is 1. The van der Waals surface area contributed by atoms with Crippen LogP contribution >= 0.6 is 11.8 Å². The van der Waals surface area contributed by atoms with E-state index in [4.69, 9.17) is 0 Å². The normalized spacial score (nSPS) is 12.8. The Hall–Kier alpha value is -0.470. The van der Waals surface area contributed by atoms with Crippen LogP contribution in [-0.4, -0.2) is 10.3 Å². The SMILES string of the molecule is Cc1cc(SC(C)(C)C)ccc1CNC(C)(C)C. The minimum Gasteiger partial charge on any atom is -0.308 e. The van der Waals surface area contributed by atoms with E-state index in [0.29, 0.717) is 0 Å². The highest BCUT2D eigenvalue weighted by molar-refractivity contribution is 8.00. The van der Waals surface area contributed by atoms with Crippen molar-refractivity contribution in [3.05, 3.63) is 29.3 Å². The lowest BCUT2D eigenvalue weighted by atomic mass is 10.1. The van der Waals surface area contributed by atoms with Crippen molar-refractivity contribution in [1.29, 1.82) is 0 Å². The summed E-state index contributed by atoms with van der Waals surface area (Å²) >= 11 is 1.93. The largest absolute Gasteiger partial charge is 0.308 e. The van der Waals surface area contributed by atoms with Crippen molar-refractivity contribution in [2.24, 2.45) is 0 Å². The van der Waals surface area contributed by atoms with Gasteiger partial charge in [-0.1, -0.05) is 26.8 Å². The number of nitrogens with one attached hydrogen (secondary N) is 1. The maximum atomic E-state index is 3.54. The molecule has 0 aromatic heterocycles. The summed E-state index contributed by atoms with van der Waals surface area (Å²) in [6.07, 6.45) is 0. The van der Waals surface area contributed by atoms with Gasteiger partial charge in [-0.05, 0) is 51.0 Å². The Morgan fingerprint density at radius 1 is 1.06 bits per heavy atom. The first-order valence-electron chi connectivity index (χ1n) is 6.60. The molecule has 0 heterocycles. The van der Waals surface area contributed by atoms with E-state index in [-0.39, 0.29) is 10.3 Å². The molecule has 0 aliphatic carbocycles. The first-order valence-corrected chi connectivity index (χ1v) is 7.42. The smallest absolute Gasteiger partial charge is 0.0212 e. The second kappa shape index (κ2) is 5.66. The standard InChI is InChI=1S/C16H27NS/c1-12-10-14(18-16(5,6)7)9-8-13(12)11-17-15(2,3)4/h8-10,17H,11H2,1-7H3. The molecule has 1 nitrogen and oxygen atoms in total. The first-order chi connectivity index (χ1) is 8.07. The molecule has 1 N–H and O–H groups in total. The molecule has 0 bridgehead atoms. The predicted molar refractivity (Wildman–Crippen MR) is 83.4 cm³/mol. The van der Waals surface area contributed by atoms with Crippen molar-refractivity contribution >= 4 is 11.8 Å². The highest BCUT2D eigenvalue weighted by atomic mass is 32.2. The van der Waals surface area contributed by atoms with Gasteiger partial charge in [0.05, 0.1) is 0 Å². The molecule has 0 spiro atoms. The number of aryl methyl sites for hydroxylation is 1. The van der Waals surface area contributed by atoms with Gasteiger partial charge in [-0.3, -0.25) is 0 Å². The molecule has 0 aliphatic heterocycles. The lowest BCUT2D eigenvalue weighted by molar-refractivity contribution is 0.424. The Kier molecular flexibility index (Phi) is 4.90. The molecule has 18 heavy (non-hydrogen) atoms. The molecule has 0 saturated carbocycles. The van der Waals surface area contributed by atoms with Crippen LogP contribution in [0.3, 0.4) is 0 Å². The number of benzene rings is 1. The third-order valence-electron chi connectivity index (χ3n) is 2.55. The fourth-order valence-electron chi connectivity index (χ4n) is 1.64. The minimum absolute atomic E-state index is 0.172. The average molecular weight is 265 g/mol. The van der Waals surface area contributed by atoms with Gasteiger partial charge in [-0.25, -0.2) is 0 Å². The Morgan fingerprint density at radius 2 is 1.67 bits per heavy atom. The highest BCUT2D eigenvalue weighted by Crippen LogP contribution is 2.32. The first kappa shape index (κ1) is 15.6.